The second-order valence-electron chi connectivity index (χ2n) is 0. The van der Waals surface area contributed by atoms with Crippen LogP contribution < -0.4 is 0 Å². The van der Waals surface area contributed by atoms with E-state index in [0.717, 1.165) is 0 Å². The minimum atomic E-state index is 0. The monoisotopic (exact) mass is 176 g/mol. The van der Waals surface area contributed by atoms with Crippen LogP contribution in [0.25, 0.3) is 0 Å². The summed E-state index contributed by atoms with van der Waals surface area (Å²) < 4.78 is 0. The summed E-state index contributed by atoms with van der Waals surface area (Å²) in [5, 5.41) is 0. The van der Waals surface area contributed by atoms with E-state index in [1.165, 1.54) is 0 Å². The van der Waals surface area contributed by atoms with Gasteiger partial charge in [-0.3, -0.25) is 0 Å². The molecule has 0 aromatic carbocycles. The fourth-order valence-electron chi connectivity index (χ4n) is 0. The predicted octanol–water partition coefficient (Wildman–Crippen LogP) is -2.77. The third-order valence-corrected chi connectivity index (χ3v) is 0. The summed E-state index contributed by atoms with van der Waals surface area (Å²) in [7, 11) is 0. The molecule has 6 heteroatoms. The molecule has 0 aliphatic heterocycles. The van der Waals surface area contributed by atoms with E-state index in [1.54, 1.807) is 0 Å². The molecule has 0 radical (unpaired) electrons. The summed E-state index contributed by atoms with van der Waals surface area (Å²) in [5.41, 5.74) is 0. The van der Waals surface area contributed by atoms with E-state index in [2.05, 4.69) is 0 Å². The molecule has 6 heavy (non-hydrogen) atoms. The van der Waals surface area contributed by atoms with Crippen molar-refractivity contribution in [2.24, 2.45) is 0 Å². The van der Waals surface area contributed by atoms with Crippen LogP contribution in [0.3, 0.4) is 0 Å². The largest absolute Gasteiger partial charge is 3.00 e. The molecule has 0 heterocycles. The van der Waals surface area contributed by atoms with Crippen LogP contribution in [0, 0.1) is 0 Å². The molecule has 0 fully saturated rings. The summed E-state index contributed by atoms with van der Waals surface area (Å²) in [6.45, 7) is 0. The van der Waals surface area contributed by atoms with Gasteiger partial charge in [-0.1, -0.05) is 0 Å². The van der Waals surface area contributed by atoms with Crippen LogP contribution in [-0.2, 0) is 38.2 Å². The van der Waals surface area contributed by atoms with Crippen LogP contribution in [0.1, 0.15) is 0 Å². The third-order valence-electron chi connectivity index (χ3n) is 0. The van der Waals surface area contributed by atoms with Crippen molar-refractivity contribution in [2.45, 2.75) is 0 Å². The Kier molecular flexibility index (Phi) is 8530. The van der Waals surface area contributed by atoms with E-state index in [-0.39, 0.29) is 60.1 Å². The van der Waals surface area contributed by atoms with Crippen LogP contribution in [0.4, 0.5) is 0 Å². The van der Waals surface area contributed by atoms with Gasteiger partial charge in [0, 0.05) is 0 Å². The first kappa shape index (κ1) is 295. The van der Waals surface area contributed by atoms with Crippen LogP contribution >= 0.6 is 0 Å². The molecule has 7 N–H and O–H groups in total. The predicted molar refractivity (Wildman–Crippen MR) is 13.5 cm³/mol. The Balaban J connectivity index is 0. The summed E-state index contributed by atoms with van der Waals surface area (Å²) in [5.74, 6) is 0. The molecule has 0 saturated heterocycles. The molecule has 0 aliphatic carbocycles. The van der Waals surface area contributed by atoms with Crippen molar-refractivity contribution in [1.29, 1.82) is 0 Å². The van der Waals surface area contributed by atoms with Gasteiger partial charge >= 0.3 is 32.7 Å². The molecule has 0 unspecified atom stereocenters. The van der Waals surface area contributed by atoms with Crippen molar-refractivity contribution in [3.05, 3.63) is 0 Å². The van der Waals surface area contributed by atoms with Gasteiger partial charge in [-0.05, 0) is 0 Å². The molecule has 0 atom stereocenters. The molecule has 5 nitrogen and oxygen atoms in total. The normalized spacial score (nSPS) is 0. The molecule has 40 valence electrons. The van der Waals surface area contributed by atoms with Crippen molar-refractivity contribution in [3.8, 4) is 0 Å². The van der Waals surface area contributed by atoms with Gasteiger partial charge in [-0.15, -0.1) is 0 Å². The zero-order chi connectivity index (χ0) is 0. The van der Waals surface area contributed by atoms with Gasteiger partial charge in [-0.25, -0.2) is 0 Å². The summed E-state index contributed by atoms with van der Waals surface area (Å²) in [4.78, 5) is 0. The average Bonchev–Trinajstić information content (AvgIpc) is 0. The van der Waals surface area contributed by atoms with Gasteiger partial charge in [0.1, 0.15) is 0 Å². The van der Waals surface area contributed by atoms with Gasteiger partial charge in [0.2, 0.25) is 0 Å². The maximum atomic E-state index is 0. The topological polar surface area (TPSA) is 153 Å². The van der Waals surface area contributed by atoms with Crippen molar-refractivity contribution >= 4 is 0 Å². The number of hydrogen-bond acceptors (Lipinski definition) is 1. The van der Waals surface area contributed by atoms with E-state index in [9.17, 15) is 0 Å². The first-order valence-corrected chi connectivity index (χ1v) is 0. The van der Waals surface area contributed by atoms with Crippen LogP contribution in [0.2, 0.25) is 0 Å². The molecular weight excluding hydrogens is 169 g/mol. The summed E-state index contributed by atoms with van der Waals surface area (Å²) >= 11 is 0. The smallest absolute Gasteiger partial charge is 2.00 e. The quantitative estimate of drug-likeness (QED) is 0.385. The Hall–Kier alpha value is 0.904. The van der Waals surface area contributed by atoms with Gasteiger partial charge in [0.25, 0.3) is 0 Å². The molecule has 0 spiro atoms. The van der Waals surface area contributed by atoms with Crippen LogP contribution in [0.5, 0.6) is 0 Å². The first-order valence-electron chi connectivity index (χ1n) is 0. The van der Waals surface area contributed by atoms with Crippen LogP contribution in [0.15, 0.2) is 0 Å². The molecule has 0 aliphatic rings. The molecule has 0 saturated carbocycles. The van der Waals surface area contributed by atoms with E-state index in [4.69, 9.17) is 0 Å². The van der Waals surface area contributed by atoms with Crippen molar-refractivity contribution in [2.75, 3.05) is 0 Å². The van der Waals surface area contributed by atoms with Gasteiger partial charge in [-0.2, -0.15) is 0 Å². The standard InChI is InChI=1S/4H2O.O.Y/h4*1H2;;/q;;;;-2;+3/p-1. The SMILES string of the molecule is O.O.O.[O-2].[OH-].[Y+3]. The van der Waals surface area contributed by atoms with Gasteiger partial charge in [0.15, 0.2) is 0 Å². The van der Waals surface area contributed by atoms with Gasteiger partial charge in [0.05, 0.1) is 0 Å². The zero-order valence-electron chi connectivity index (χ0n) is 2.93. The maximum absolute atomic E-state index is 0. The molecule has 0 bridgehead atoms. The molecule has 0 amide bonds. The molecular formula is H7O5Y. The van der Waals surface area contributed by atoms with E-state index in [0.29, 0.717) is 0 Å². The summed E-state index contributed by atoms with van der Waals surface area (Å²) in [6, 6.07) is 0. The summed E-state index contributed by atoms with van der Waals surface area (Å²) in [6.07, 6.45) is 0. The van der Waals surface area contributed by atoms with E-state index >= 15 is 0 Å². The van der Waals surface area contributed by atoms with Gasteiger partial charge < -0.3 is 27.4 Å². The first-order chi connectivity index (χ1) is 0. The Morgan fingerprint density at radius 2 is 0.667 bits per heavy atom. The maximum Gasteiger partial charge on any atom is 3.00 e. The van der Waals surface area contributed by atoms with Crippen molar-refractivity contribution in [1.82, 2.24) is 0 Å². The molecule has 0 rings (SSSR count). The third kappa shape index (κ3) is 91.5. The Bertz CT molecular complexity index is 3.90. The van der Waals surface area contributed by atoms with E-state index < -0.39 is 0 Å². The minimum absolute atomic E-state index is 0. The van der Waals surface area contributed by atoms with Crippen molar-refractivity contribution in [3.63, 3.8) is 0 Å². The zero-order valence-corrected chi connectivity index (χ0v) is 5.77. The Morgan fingerprint density at radius 3 is 0.667 bits per heavy atom. The second-order valence-corrected chi connectivity index (χ2v) is 0. The fraction of sp³-hybridized carbons (Fsp3) is 0. The van der Waals surface area contributed by atoms with Crippen LogP contribution in [-0.4, -0.2) is 21.9 Å². The average molecular weight is 176 g/mol. The minimum Gasteiger partial charge on any atom is -2.00 e. The molecule has 0 aromatic heterocycles. The van der Waals surface area contributed by atoms with Crippen molar-refractivity contribution < 1.29 is 60.1 Å². The van der Waals surface area contributed by atoms with E-state index in [1.807, 2.05) is 0 Å². The fourth-order valence-corrected chi connectivity index (χ4v) is 0. The number of hydrogen-bond donors (Lipinski definition) is 0. The number of rotatable bonds is 0. The Morgan fingerprint density at radius 1 is 0.667 bits per heavy atom. The second kappa shape index (κ2) is 174. The Labute approximate surface area is 60.2 Å². The molecule has 0 aromatic rings.